The Morgan fingerprint density at radius 1 is 1.00 bits per heavy atom. The van der Waals surface area contributed by atoms with Gasteiger partial charge in [0.2, 0.25) is 5.91 Å². The molecule has 0 aliphatic heterocycles. The molecule has 2 rings (SSSR count). The first-order valence-corrected chi connectivity index (χ1v) is 7.49. The van der Waals surface area contributed by atoms with Crippen LogP contribution in [-0.2, 0) is 4.79 Å². The number of ether oxygens (including phenoxy) is 3. The maximum Gasteiger partial charge on any atom is 0.248 e. The van der Waals surface area contributed by atoms with Crippen LogP contribution in [0, 0.1) is 0 Å². The third-order valence-electron chi connectivity index (χ3n) is 3.27. The molecule has 0 spiro atoms. The van der Waals surface area contributed by atoms with Crippen LogP contribution in [-0.4, -0.2) is 27.2 Å². The Labute approximate surface area is 145 Å². The zero-order valence-electron chi connectivity index (χ0n) is 13.6. The molecule has 0 saturated heterocycles. The molecule has 126 valence electrons. The van der Waals surface area contributed by atoms with Crippen molar-refractivity contribution in [2.75, 3.05) is 26.6 Å². The summed E-state index contributed by atoms with van der Waals surface area (Å²) < 4.78 is 15.5. The van der Waals surface area contributed by atoms with E-state index in [1.165, 1.54) is 20.3 Å². The predicted molar refractivity (Wildman–Crippen MR) is 95.2 cm³/mol. The average Bonchev–Trinajstić information content (AvgIpc) is 2.61. The second-order valence-electron chi connectivity index (χ2n) is 4.78. The molecular formula is C18H18ClNO4. The number of rotatable bonds is 6. The lowest BCUT2D eigenvalue weighted by Gasteiger charge is -2.12. The number of carbonyl (C=O) groups excluding carboxylic acids is 1. The number of hydrogen-bond acceptors (Lipinski definition) is 4. The van der Waals surface area contributed by atoms with Crippen molar-refractivity contribution in [2.24, 2.45) is 0 Å². The van der Waals surface area contributed by atoms with Gasteiger partial charge in [0, 0.05) is 18.2 Å². The summed E-state index contributed by atoms with van der Waals surface area (Å²) in [5, 5.41) is 3.15. The quantitative estimate of drug-likeness (QED) is 0.802. The highest BCUT2D eigenvalue weighted by Crippen LogP contribution is 2.35. The average molecular weight is 348 g/mol. The van der Waals surface area contributed by atoms with Crippen molar-refractivity contribution in [3.05, 3.63) is 53.1 Å². The third kappa shape index (κ3) is 4.43. The summed E-state index contributed by atoms with van der Waals surface area (Å²) in [4.78, 5) is 12.1. The Balaban J connectivity index is 2.12. The molecule has 0 radical (unpaired) electrons. The first kappa shape index (κ1) is 17.7. The highest BCUT2D eigenvalue weighted by atomic mass is 35.5. The highest BCUT2D eigenvalue weighted by molar-refractivity contribution is 6.32. The minimum Gasteiger partial charge on any atom is -0.497 e. The minimum atomic E-state index is -0.298. The Morgan fingerprint density at radius 3 is 2.25 bits per heavy atom. The van der Waals surface area contributed by atoms with Crippen LogP contribution in [0.15, 0.2) is 42.5 Å². The second-order valence-corrected chi connectivity index (χ2v) is 5.19. The molecule has 5 nitrogen and oxygen atoms in total. The zero-order valence-corrected chi connectivity index (χ0v) is 14.4. The fourth-order valence-corrected chi connectivity index (χ4v) is 2.25. The monoisotopic (exact) mass is 347 g/mol. The summed E-state index contributed by atoms with van der Waals surface area (Å²) in [7, 11) is 4.61. The van der Waals surface area contributed by atoms with Crippen molar-refractivity contribution >= 4 is 29.3 Å². The lowest BCUT2D eigenvalue weighted by atomic mass is 10.2. The molecule has 24 heavy (non-hydrogen) atoms. The van der Waals surface area contributed by atoms with Crippen molar-refractivity contribution in [1.29, 1.82) is 0 Å². The van der Waals surface area contributed by atoms with Crippen molar-refractivity contribution in [3.8, 4) is 17.2 Å². The lowest BCUT2D eigenvalue weighted by Crippen LogP contribution is -2.09. The van der Waals surface area contributed by atoms with E-state index in [1.54, 1.807) is 25.3 Å². The molecule has 0 atom stereocenters. The van der Waals surface area contributed by atoms with Gasteiger partial charge >= 0.3 is 0 Å². The second kappa shape index (κ2) is 8.26. The Morgan fingerprint density at radius 2 is 1.67 bits per heavy atom. The molecule has 1 N–H and O–H groups in total. The molecule has 1 amide bonds. The van der Waals surface area contributed by atoms with Gasteiger partial charge in [0.1, 0.15) is 17.2 Å². The van der Waals surface area contributed by atoms with Gasteiger partial charge in [0.05, 0.1) is 32.0 Å². The van der Waals surface area contributed by atoms with Crippen LogP contribution in [0.2, 0.25) is 5.02 Å². The number of carbonyl (C=O) groups is 1. The molecule has 0 saturated carbocycles. The minimum absolute atomic E-state index is 0.298. The zero-order chi connectivity index (χ0) is 17.5. The SMILES string of the molecule is COc1ccc(/C=C/C(=O)Nc2cc(OC)c(Cl)cc2OC)cc1. The van der Waals surface area contributed by atoms with Crippen LogP contribution >= 0.6 is 11.6 Å². The number of hydrogen-bond donors (Lipinski definition) is 1. The number of halogens is 1. The normalized spacial score (nSPS) is 10.5. The summed E-state index contributed by atoms with van der Waals surface area (Å²) >= 11 is 6.04. The first-order chi connectivity index (χ1) is 11.6. The number of amides is 1. The lowest BCUT2D eigenvalue weighted by molar-refractivity contribution is -0.111. The molecule has 2 aromatic rings. The van der Waals surface area contributed by atoms with Crippen molar-refractivity contribution in [3.63, 3.8) is 0 Å². The van der Waals surface area contributed by atoms with Crippen LogP contribution in [0.25, 0.3) is 6.08 Å². The van der Waals surface area contributed by atoms with Gasteiger partial charge in [-0.25, -0.2) is 0 Å². The summed E-state index contributed by atoms with van der Waals surface area (Å²) in [5.74, 6) is 1.36. The topological polar surface area (TPSA) is 56.8 Å². The van der Waals surface area contributed by atoms with Crippen LogP contribution < -0.4 is 19.5 Å². The number of nitrogens with one attached hydrogen (secondary N) is 1. The number of benzene rings is 2. The van der Waals surface area contributed by atoms with E-state index in [4.69, 9.17) is 25.8 Å². The summed E-state index contributed by atoms with van der Waals surface area (Å²) in [6, 6.07) is 10.6. The maximum atomic E-state index is 12.1. The van der Waals surface area contributed by atoms with E-state index < -0.39 is 0 Å². The highest BCUT2D eigenvalue weighted by Gasteiger charge is 2.11. The first-order valence-electron chi connectivity index (χ1n) is 7.12. The van der Waals surface area contributed by atoms with E-state index >= 15 is 0 Å². The Bertz CT molecular complexity index is 741. The van der Waals surface area contributed by atoms with E-state index in [9.17, 15) is 4.79 Å². The third-order valence-corrected chi connectivity index (χ3v) is 3.57. The van der Waals surface area contributed by atoms with Crippen LogP contribution in [0.4, 0.5) is 5.69 Å². The molecule has 2 aromatic carbocycles. The van der Waals surface area contributed by atoms with Gasteiger partial charge in [-0.3, -0.25) is 4.79 Å². The van der Waals surface area contributed by atoms with Gasteiger partial charge in [-0.15, -0.1) is 0 Å². The molecule has 0 aliphatic rings. The molecule has 0 aliphatic carbocycles. The molecule has 6 heteroatoms. The standard InChI is InChI=1S/C18H18ClNO4/c1-22-13-7-4-12(5-8-13)6-9-18(21)20-15-11-16(23-2)14(19)10-17(15)24-3/h4-11H,1-3H3,(H,20,21)/b9-6+. The Kier molecular flexibility index (Phi) is 6.09. The van der Waals surface area contributed by atoms with Crippen LogP contribution in [0.1, 0.15) is 5.56 Å². The van der Waals surface area contributed by atoms with E-state index in [0.29, 0.717) is 22.2 Å². The molecule has 0 heterocycles. The maximum absolute atomic E-state index is 12.1. The van der Waals surface area contributed by atoms with Gasteiger partial charge in [-0.2, -0.15) is 0 Å². The van der Waals surface area contributed by atoms with Gasteiger partial charge in [0.25, 0.3) is 0 Å². The van der Waals surface area contributed by atoms with Gasteiger partial charge in [-0.05, 0) is 23.8 Å². The summed E-state index contributed by atoms with van der Waals surface area (Å²) in [5.41, 5.74) is 1.36. The fourth-order valence-electron chi connectivity index (χ4n) is 2.02. The molecule has 0 bridgehead atoms. The summed E-state index contributed by atoms with van der Waals surface area (Å²) in [6.07, 6.45) is 3.14. The van der Waals surface area contributed by atoms with Crippen LogP contribution in [0.5, 0.6) is 17.2 Å². The van der Waals surface area contributed by atoms with Crippen molar-refractivity contribution < 1.29 is 19.0 Å². The number of methoxy groups -OCH3 is 3. The van der Waals surface area contributed by atoms with Crippen molar-refractivity contribution in [2.45, 2.75) is 0 Å². The molecule has 0 aromatic heterocycles. The van der Waals surface area contributed by atoms with Crippen LogP contribution in [0.3, 0.4) is 0 Å². The van der Waals surface area contributed by atoms with E-state index in [2.05, 4.69) is 5.32 Å². The van der Waals surface area contributed by atoms with E-state index in [1.807, 2.05) is 24.3 Å². The smallest absolute Gasteiger partial charge is 0.248 e. The van der Waals surface area contributed by atoms with Gasteiger partial charge < -0.3 is 19.5 Å². The largest absolute Gasteiger partial charge is 0.497 e. The summed E-state index contributed by atoms with van der Waals surface area (Å²) in [6.45, 7) is 0. The van der Waals surface area contributed by atoms with Gasteiger partial charge in [-0.1, -0.05) is 23.7 Å². The van der Waals surface area contributed by atoms with E-state index in [0.717, 1.165) is 11.3 Å². The molecular weight excluding hydrogens is 330 g/mol. The van der Waals surface area contributed by atoms with Gasteiger partial charge in [0.15, 0.2) is 0 Å². The van der Waals surface area contributed by atoms with Crippen molar-refractivity contribution in [1.82, 2.24) is 0 Å². The number of anilines is 1. The molecule has 0 unspecified atom stereocenters. The van der Waals surface area contributed by atoms with E-state index in [-0.39, 0.29) is 5.91 Å². The molecule has 0 fully saturated rings. The Hall–Kier alpha value is -2.66. The predicted octanol–water partition coefficient (Wildman–Crippen LogP) is 4.02. The fraction of sp³-hybridized carbons (Fsp3) is 0.167.